The highest BCUT2D eigenvalue weighted by molar-refractivity contribution is 7.98. The van der Waals surface area contributed by atoms with Gasteiger partial charge in [-0.25, -0.2) is 0 Å². The van der Waals surface area contributed by atoms with E-state index < -0.39 is 11.3 Å². The number of hydrogen-bond donors (Lipinski definition) is 1. The summed E-state index contributed by atoms with van der Waals surface area (Å²) in [5, 5.41) is 0. The Morgan fingerprint density at radius 1 is 1.16 bits per heavy atom. The summed E-state index contributed by atoms with van der Waals surface area (Å²) in [5.41, 5.74) is 1.98. The molecule has 0 saturated carbocycles. The Morgan fingerprint density at radius 2 is 1.89 bits per heavy atom. The summed E-state index contributed by atoms with van der Waals surface area (Å²) in [4.78, 5) is 1.05. The van der Waals surface area contributed by atoms with Gasteiger partial charge in [-0.15, -0.1) is 11.8 Å². The largest absolute Gasteiger partial charge is 0.385 e. The van der Waals surface area contributed by atoms with Crippen LogP contribution in [-0.4, -0.2) is 10.5 Å². The highest BCUT2D eigenvalue weighted by Crippen LogP contribution is 2.27. The van der Waals surface area contributed by atoms with Gasteiger partial charge in [0.2, 0.25) is 0 Å². The Hall–Kier alpha value is -1.46. The van der Waals surface area contributed by atoms with Gasteiger partial charge in [0.15, 0.2) is 0 Å². The van der Waals surface area contributed by atoms with Gasteiger partial charge in [-0.2, -0.15) is 4.21 Å². The maximum Gasteiger partial charge on any atom is 0.316 e. The fourth-order valence-corrected chi connectivity index (χ4v) is 2.95. The number of anilines is 1. The molecule has 3 nitrogen and oxygen atoms in total. The monoisotopic (exact) mass is 293 g/mol. The summed E-state index contributed by atoms with van der Waals surface area (Å²) in [6, 6.07) is 15.0. The zero-order chi connectivity index (χ0) is 13.7. The summed E-state index contributed by atoms with van der Waals surface area (Å²) in [6.45, 7) is 2.03. The molecule has 0 fully saturated rings. The zero-order valence-electron chi connectivity index (χ0n) is 10.8. The number of para-hydroxylation sites is 1. The molecule has 0 heterocycles. The lowest BCUT2D eigenvalue weighted by atomic mass is 10.2. The van der Waals surface area contributed by atoms with Crippen LogP contribution >= 0.6 is 11.8 Å². The predicted molar refractivity (Wildman–Crippen MR) is 81.8 cm³/mol. The minimum atomic E-state index is -1.60. The predicted octanol–water partition coefficient (Wildman–Crippen LogP) is 3.79. The molecule has 1 unspecified atom stereocenters. The van der Waals surface area contributed by atoms with Crippen LogP contribution in [0.2, 0.25) is 0 Å². The van der Waals surface area contributed by atoms with Crippen LogP contribution in [0.3, 0.4) is 0 Å². The van der Waals surface area contributed by atoms with Crippen molar-refractivity contribution >= 4 is 28.7 Å². The summed E-state index contributed by atoms with van der Waals surface area (Å²) in [5.74, 6) is 0.575. The molecule has 0 bridgehead atoms. The third-order valence-electron chi connectivity index (χ3n) is 2.47. The molecular formula is C14H15NO2S2. The van der Waals surface area contributed by atoms with E-state index in [0.717, 1.165) is 10.6 Å². The lowest BCUT2D eigenvalue weighted by Crippen LogP contribution is -2.11. The molecule has 5 heteroatoms. The molecule has 0 amide bonds. The van der Waals surface area contributed by atoms with Crippen LogP contribution in [-0.2, 0) is 11.3 Å². The first kappa shape index (κ1) is 14.0. The Morgan fingerprint density at radius 3 is 2.58 bits per heavy atom. The Balaban J connectivity index is 2.07. The molecule has 2 aromatic carbocycles. The normalized spacial score (nSPS) is 11.9. The number of aryl methyl sites for hydroxylation is 1. The van der Waals surface area contributed by atoms with Crippen LogP contribution < -0.4 is 8.91 Å². The molecule has 1 atom stereocenters. The van der Waals surface area contributed by atoms with Crippen molar-refractivity contribution in [1.29, 1.82) is 0 Å². The van der Waals surface area contributed by atoms with Gasteiger partial charge in [0.05, 0.1) is 5.69 Å². The van der Waals surface area contributed by atoms with Gasteiger partial charge in [0, 0.05) is 4.90 Å². The molecule has 19 heavy (non-hydrogen) atoms. The number of thioether (sulfide) groups is 1. The first-order valence-corrected chi connectivity index (χ1v) is 8.05. The van der Waals surface area contributed by atoms with Crippen molar-refractivity contribution in [3.05, 3.63) is 54.1 Å². The minimum Gasteiger partial charge on any atom is -0.385 e. The number of nitrogens with one attached hydrogen (secondary N) is 1. The second kappa shape index (κ2) is 6.63. The Kier molecular flexibility index (Phi) is 4.87. The van der Waals surface area contributed by atoms with Crippen LogP contribution in [0.15, 0.2) is 53.4 Å². The summed E-state index contributed by atoms with van der Waals surface area (Å²) < 4.78 is 20.1. The van der Waals surface area contributed by atoms with Gasteiger partial charge in [-0.3, -0.25) is 4.72 Å². The van der Waals surface area contributed by atoms with Crippen molar-refractivity contribution in [2.24, 2.45) is 0 Å². The topological polar surface area (TPSA) is 38.3 Å². The van der Waals surface area contributed by atoms with Crippen LogP contribution in [0.5, 0.6) is 5.75 Å². The molecule has 100 valence electrons. The molecular weight excluding hydrogens is 278 g/mol. The van der Waals surface area contributed by atoms with Crippen LogP contribution in [0.25, 0.3) is 0 Å². The van der Waals surface area contributed by atoms with Crippen LogP contribution in [0.1, 0.15) is 5.56 Å². The molecule has 0 spiro atoms. The van der Waals surface area contributed by atoms with Crippen molar-refractivity contribution < 1.29 is 8.39 Å². The highest BCUT2D eigenvalue weighted by atomic mass is 32.2. The molecule has 0 aliphatic carbocycles. The fourth-order valence-electron chi connectivity index (χ4n) is 1.56. The molecule has 0 aromatic heterocycles. The second-order valence-corrected chi connectivity index (χ2v) is 5.63. The minimum absolute atomic E-state index is 0.575. The van der Waals surface area contributed by atoms with E-state index in [4.69, 9.17) is 4.18 Å². The van der Waals surface area contributed by atoms with Gasteiger partial charge < -0.3 is 4.18 Å². The maximum atomic E-state index is 11.9. The van der Waals surface area contributed by atoms with Gasteiger partial charge >= 0.3 is 11.3 Å². The quantitative estimate of drug-likeness (QED) is 0.852. The van der Waals surface area contributed by atoms with Crippen molar-refractivity contribution in [1.82, 2.24) is 0 Å². The van der Waals surface area contributed by atoms with E-state index in [0.29, 0.717) is 5.75 Å². The number of rotatable bonds is 5. The highest BCUT2D eigenvalue weighted by Gasteiger charge is 2.07. The van der Waals surface area contributed by atoms with E-state index in [-0.39, 0.29) is 0 Å². The summed E-state index contributed by atoms with van der Waals surface area (Å²) >= 11 is 0.00157. The smallest absolute Gasteiger partial charge is 0.316 e. The van der Waals surface area contributed by atoms with E-state index in [9.17, 15) is 4.21 Å². The zero-order valence-corrected chi connectivity index (χ0v) is 12.4. The van der Waals surface area contributed by atoms with Gasteiger partial charge in [0.25, 0.3) is 0 Å². The average molecular weight is 293 g/mol. The first-order valence-electron chi connectivity index (χ1n) is 5.75. The average Bonchev–Trinajstić information content (AvgIpc) is 2.42. The van der Waals surface area contributed by atoms with Gasteiger partial charge in [-0.1, -0.05) is 24.3 Å². The van der Waals surface area contributed by atoms with E-state index >= 15 is 0 Å². The van der Waals surface area contributed by atoms with Crippen molar-refractivity contribution in [2.45, 2.75) is 11.8 Å². The van der Waals surface area contributed by atoms with Crippen molar-refractivity contribution in [2.75, 3.05) is 11.0 Å². The molecule has 2 rings (SSSR count). The van der Waals surface area contributed by atoms with E-state index in [2.05, 4.69) is 4.72 Å². The lowest BCUT2D eigenvalue weighted by molar-refractivity contribution is 0.567. The Bertz CT molecular complexity index is 573. The standard InChI is InChI=1S/C14H15NO2S2/c1-11-8-9-13(14(10-11)18-2)15-19(16)17-12-6-4-3-5-7-12/h3-10,15H,1-2H3. The SMILES string of the molecule is CSc1cc(C)ccc1NS(=O)Oc1ccccc1. The summed E-state index contributed by atoms with van der Waals surface area (Å²) in [6.07, 6.45) is 1.99. The maximum absolute atomic E-state index is 11.9. The van der Waals surface area contributed by atoms with Crippen molar-refractivity contribution in [3.8, 4) is 5.75 Å². The molecule has 0 saturated heterocycles. The van der Waals surface area contributed by atoms with Gasteiger partial charge in [-0.05, 0) is 43.0 Å². The fraction of sp³-hybridized carbons (Fsp3) is 0.143. The molecule has 0 radical (unpaired) electrons. The van der Waals surface area contributed by atoms with E-state index in [1.165, 1.54) is 5.56 Å². The van der Waals surface area contributed by atoms with E-state index in [1.54, 1.807) is 23.9 Å². The third kappa shape index (κ3) is 4.01. The molecule has 0 aliphatic rings. The number of benzene rings is 2. The first-order chi connectivity index (χ1) is 9.19. The third-order valence-corrected chi connectivity index (χ3v) is 3.97. The van der Waals surface area contributed by atoms with Crippen LogP contribution in [0, 0.1) is 6.92 Å². The number of hydrogen-bond acceptors (Lipinski definition) is 3. The van der Waals surface area contributed by atoms with Gasteiger partial charge in [0.1, 0.15) is 5.75 Å². The second-order valence-electron chi connectivity index (χ2n) is 3.94. The molecule has 0 aliphatic heterocycles. The summed E-state index contributed by atoms with van der Waals surface area (Å²) in [7, 11) is 0. The molecule has 1 N–H and O–H groups in total. The van der Waals surface area contributed by atoms with E-state index in [1.807, 2.05) is 49.6 Å². The van der Waals surface area contributed by atoms with Crippen molar-refractivity contribution in [3.63, 3.8) is 0 Å². The Labute approximate surface area is 120 Å². The van der Waals surface area contributed by atoms with Crippen LogP contribution in [0.4, 0.5) is 5.69 Å². The molecule has 2 aromatic rings. The lowest BCUT2D eigenvalue weighted by Gasteiger charge is -2.10.